The van der Waals surface area contributed by atoms with Gasteiger partial charge in [-0.3, -0.25) is 4.79 Å². The molecule has 1 aliphatic rings. The zero-order valence-corrected chi connectivity index (χ0v) is 15.2. The van der Waals surface area contributed by atoms with E-state index in [2.05, 4.69) is 0 Å². The summed E-state index contributed by atoms with van der Waals surface area (Å²) in [6.45, 7) is 0.965. The Hall–Kier alpha value is -3.48. The van der Waals surface area contributed by atoms with Crippen molar-refractivity contribution in [2.75, 3.05) is 20.3 Å². The van der Waals surface area contributed by atoms with Gasteiger partial charge in [0, 0.05) is 23.1 Å². The molecule has 0 fully saturated rings. The number of rotatable bonds is 5. The van der Waals surface area contributed by atoms with Gasteiger partial charge in [-0.25, -0.2) is 4.79 Å². The van der Waals surface area contributed by atoms with Crippen LogP contribution in [0.5, 0.6) is 17.2 Å². The Labute approximate surface area is 160 Å². The average Bonchev–Trinajstić information content (AvgIpc) is 2.71. The first-order valence-electron chi connectivity index (χ1n) is 8.77. The Morgan fingerprint density at radius 1 is 1.04 bits per heavy atom. The fourth-order valence-electron chi connectivity index (χ4n) is 3.03. The van der Waals surface area contributed by atoms with Crippen molar-refractivity contribution < 1.29 is 28.2 Å². The molecule has 0 atom stereocenters. The van der Waals surface area contributed by atoms with E-state index in [0.29, 0.717) is 47.0 Å². The maximum atomic E-state index is 12.3. The molecule has 3 aromatic rings. The number of esters is 1. The number of hydrogen-bond acceptors (Lipinski definition) is 7. The SMILES string of the molecule is COc1ccc2c(COC(=O)Cc3ccc4c(c3)OCCO4)cc(=O)oc2c1. The minimum Gasteiger partial charge on any atom is -0.497 e. The van der Waals surface area contributed by atoms with Gasteiger partial charge in [0.15, 0.2) is 11.5 Å². The van der Waals surface area contributed by atoms with Crippen molar-refractivity contribution in [3.8, 4) is 17.2 Å². The van der Waals surface area contributed by atoms with E-state index in [0.717, 1.165) is 5.56 Å². The Bertz CT molecular complexity index is 1080. The van der Waals surface area contributed by atoms with Crippen LogP contribution < -0.4 is 19.8 Å². The second-order valence-corrected chi connectivity index (χ2v) is 6.27. The molecule has 4 rings (SSSR count). The van der Waals surface area contributed by atoms with Gasteiger partial charge in [0.05, 0.1) is 13.5 Å². The highest BCUT2D eigenvalue weighted by atomic mass is 16.6. The molecule has 2 heterocycles. The van der Waals surface area contributed by atoms with Crippen LogP contribution in [0.15, 0.2) is 51.7 Å². The number of hydrogen-bond donors (Lipinski definition) is 0. The summed E-state index contributed by atoms with van der Waals surface area (Å²) in [5.41, 5.74) is 1.20. The van der Waals surface area contributed by atoms with Gasteiger partial charge >= 0.3 is 11.6 Å². The maximum Gasteiger partial charge on any atom is 0.336 e. The van der Waals surface area contributed by atoms with Crippen molar-refractivity contribution in [1.82, 2.24) is 0 Å². The Kier molecular flexibility index (Phi) is 4.89. The first-order valence-corrected chi connectivity index (χ1v) is 8.77. The third-order valence-electron chi connectivity index (χ3n) is 4.38. The van der Waals surface area contributed by atoms with Crippen molar-refractivity contribution in [2.24, 2.45) is 0 Å². The zero-order chi connectivity index (χ0) is 19.5. The average molecular weight is 382 g/mol. The Balaban J connectivity index is 1.47. The molecule has 0 radical (unpaired) electrons. The van der Waals surface area contributed by atoms with Crippen molar-refractivity contribution in [2.45, 2.75) is 13.0 Å². The molecular formula is C21H18O7. The van der Waals surface area contributed by atoms with E-state index < -0.39 is 11.6 Å². The van der Waals surface area contributed by atoms with Crippen LogP contribution in [0.3, 0.4) is 0 Å². The predicted octanol–water partition coefficient (Wildman–Crippen LogP) is 2.86. The second-order valence-electron chi connectivity index (χ2n) is 6.27. The highest BCUT2D eigenvalue weighted by Gasteiger charge is 2.14. The molecule has 0 saturated heterocycles. The van der Waals surface area contributed by atoms with Crippen molar-refractivity contribution >= 4 is 16.9 Å². The van der Waals surface area contributed by atoms with Crippen LogP contribution in [0.1, 0.15) is 11.1 Å². The highest BCUT2D eigenvalue weighted by Crippen LogP contribution is 2.31. The number of fused-ring (bicyclic) bond motifs is 2. The van der Waals surface area contributed by atoms with E-state index in [1.54, 1.807) is 36.4 Å². The topological polar surface area (TPSA) is 84.2 Å². The van der Waals surface area contributed by atoms with Crippen molar-refractivity contribution in [1.29, 1.82) is 0 Å². The lowest BCUT2D eigenvalue weighted by molar-refractivity contribution is -0.144. The molecule has 1 aromatic heterocycles. The minimum atomic E-state index is -0.515. The van der Waals surface area contributed by atoms with Crippen LogP contribution in [-0.2, 0) is 22.6 Å². The molecule has 0 spiro atoms. The largest absolute Gasteiger partial charge is 0.497 e. The summed E-state index contributed by atoms with van der Waals surface area (Å²) in [7, 11) is 1.53. The summed E-state index contributed by atoms with van der Waals surface area (Å²) < 4.78 is 26.7. The summed E-state index contributed by atoms with van der Waals surface area (Å²) in [5.74, 6) is 1.45. The number of carbonyl (C=O) groups excluding carboxylic acids is 1. The fourth-order valence-corrected chi connectivity index (χ4v) is 3.03. The normalized spacial score (nSPS) is 12.6. The first-order chi connectivity index (χ1) is 13.6. The number of ether oxygens (including phenoxy) is 4. The van der Waals surface area contributed by atoms with E-state index in [-0.39, 0.29) is 13.0 Å². The summed E-state index contributed by atoms with van der Waals surface area (Å²) in [5, 5.41) is 0.688. The minimum absolute atomic E-state index is 0.0299. The van der Waals surface area contributed by atoms with Gasteiger partial charge in [-0.2, -0.15) is 0 Å². The molecule has 28 heavy (non-hydrogen) atoms. The summed E-state index contributed by atoms with van der Waals surface area (Å²) in [6.07, 6.45) is 0.0871. The molecule has 0 N–H and O–H groups in total. The monoisotopic (exact) mass is 382 g/mol. The summed E-state index contributed by atoms with van der Waals surface area (Å²) in [4.78, 5) is 24.1. The zero-order valence-electron chi connectivity index (χ0n) is 15.2. The van der Waals surface area contributed by atoms with Crippen molar-refractivity contribution in [3.63, 3.8) is 0 Å². The molecule has 2 aromatic carbocycles. The van der Waals surface area contributed by atoms with Gasteiger partial charge in [-0.05, 0) is 29.8 Å². The first kappa shape index (κ1) is 17.9. The molecule has 1 aliphatic heterocycles. The number of benzene rings is 2. The van der Waals surface area contributed by atoms with E-state index in [4.69, 9.17) is 23.4 Å². The highest BCUT2D eigenvalue weighted by molar-refractivity contribution is 5.82. The standard InChI is InChI=1S/C21H18O7/c1-24-15-3-4-16-14(10-21(23)28-18(16)11-15)12-27-20(22)9-13-2-5-17-19(8-13)26-7-6-25-17/h2-5,8,10-11H,6-7,9,12H2,1H3. The predicted molar refractivity (Wildman–Crippen MR) is 100.0 cm³/mol. The van der Waals surface area contributed by atoms with E-state index in [9.17, 15) is 9.59 Å². The molecule has 0 bridgehead atoms. The van der Waals surface area contributed by atoms with Crippen LogP contribution in [-0.4, -0.2) is 26.3 Å². The third kappa shape index (κ3) is 3.78. The number of carbonyl (C=O) groups is 1. The van der Waals surface area contributed by atoms with Crippen LogP contribution in [0, 0.1) is 0 Å². The van der Waals surface area contributed by atoms with Crippen molar-refractivity contribution in [3.05, 3.63) is 64.0 Å². The van der Waals surface area contributed by atoms with E-state index in [1.807, 2.05) is 0 Å². The molecule has 0 saturated carbocycles. The Morgan fingerprint density at radius 3 is 2.68 bits per heavy atom. The van der Waals surface area contributed by atoms with Gasteiger partial charge in [0.1, 0.15) is 31.2 Å². The van der Waals surface area contributed by atoms with E-state index in [1.165, 1.54) is 13.2 Å². The molecule has 7 nitrogen and oxygen atoms in total. The van der Waals surface area contributed by atoms with Crippen LogP contribution >= 0.6 is 0 Å². The lowest BCUT2D eigenvalue weighted by Crippen LogP contribution is -2.16. The maximum absolute atomic E-state index is 12.3. The quantitative estimate of drug-likeness (QED) is 0.495. The summed E-state index contributed by atoms with van der Waals surface area (Å²) >= 11 is 0. The molecule has 0 aliphatic carbocycles. The van der Waals surface area contributed by atoms with Gasteiger partial charge in [-0.15, -0.1) is 0 Å². The van der Waals surface area contributed by atoms with Crippen LogP contribution in [0.4, 0.5) is 0 Å². The molecular weight excluding hydrogens is 364 g/mol. The van der Waals surface area contributed by atoms with Crippen LogP contribution in [0.2, 0.25) is 0 Å². The lowest BCUT2D eigenvalue weighted by atomic mass is 10.1. The molecule has 144 valence electrons. The van der Waals surface area contributed by atoms with Gasteiger partial charge in [-0.1, -0.05) is 6.07 Å². The molecule has 0 unspecified atom stereocenters. The molecule has 0 amide bonds. The van der Waals surface area contributed by atoms with Gasteiger partial charge in [0.25, 0.3) is 0 Å². The van der Waals surface area contributed by atoms with Gasteiger partial charge < -0.3 is 23.4 Å². The third-order valence-corrected chi connectivity index (χ3v) is 4.38. The number of methoxy groups -OCH3 is 1. The lowest BCUT2D eigenvalue weighted by Gasteiger charge is -2.18. The molecule has 7 heteroatoms. The second kappa shape index (κ2) is 7.64. The van der Waals surface area contributed by atoms with Crippen LogP contribution in [0.25, 0.3) is 11.0 Å². The summed E-state index contributed by atoms with van der Waals surface area (Å²) in [6, 6.07) is 11.8. The fraction of sp³-hybridized carbons (Fsp3) is 0.238. The smallest absolute Gasteiger partial charge is 0.336 e. The Morgan fingerprint density at radius 2 is 1.86 bits per heavy atom. The van der Waals surface area contributed by atoms with Gasteiger partial charge in [0.2, 0.25) is 0 Å². The van der Waals surface area contributed by atoms with E-state index >= 15 is 0 Å².